The van der Waals surface area contributed by atoms with Crippen LogP contribution in [0.3, 0.4) is 0 Å². The number of nitrogens with two attached hydrogens (primary N) is 2. The van der Waals surface area contributed by atoms with Crippen LogP contribution in [0.1, 0.15) is 19.8 Å². The summed E-state index contributed by atoms with van der Waals surface area (Å²) in [6.07, 6.45) is 1.88. The van der Waals surface area contributed by atoms with Crippen molar-refractivity contribution in [2.75, 3.05) is 20.1 Å². The van der Waals surface area contributed by atoms with Crippen LogP contribution in [0.2, 0.25) is 0 Å². The smallest absolute Gasteiger partial charge is 0.0149 e. The minimum Gasteiger partial charge on any atom is -0.330 e. The zero-order chi connectivity index (χ0) is 8.04. The summed E-state index contributed by atoms with van der Waals surface area (Å²) in [6, 6.07) is 0. The van der Waals surface area contributed by atoms with Gasteiger partial charge in [-0.05, 0) is 39.9 Å². The van der Waals surface area contributed by atoms with Crippen LogP contribution in [0.25, 0.3) is 0 Å². The minimum atomic E-state index is -0.0856. The molecule has 1 atom stereocenters. The van der Waals surface area contributed by atoms with E-state index in [0.717, 1.165) is 19.4 Å². The van der Waals surface area contributed by atoms with Crippen molar-refractivity contribution in [2.24, 2.45) is 11.5 Å². The molecule has 3 nitrogen and oxygen atoms in total. The Morgan fingerprint density at radius 3 is 2.40 bits per heavy atom. The molecule has 0 aliphatic carbocycles. The molecule has 5 N–H and O–H groups in total. The predicted molar refractivity (Wildman–Crippen MR) is 44.8 cm³/mol. The van der Waals surface area contributed by atoms with Crippen LogP contribution >= 0.6 is 0 Å². The second-order valence-electron chi connectivity index (χ2n) is 3.05. The molecule has 0 rings (SSSR count). The second-order valence-corrected chi connectivity index (χ2v) is 3.05. The SMILES string of the molecule is CNCCC(C)(N)CCN. The van der Waals surface area contributed by atoms with Crippen molar-refractivity contribution < 1.29 is 0 Å². The van der Waals surface area contributed by atoms with Crippen LogP contribution in [-0.4, -0.2) is 25.7 Å². The van der Waals surface area contributed by atoms with Crippen LogP contribution in [0.15, 0.2) is 0 Å². The number of rotatable bonds is 5. The molecular weight excluding hydrogens is 126 g/mol. The fourth-order valence-electron chi connectivity index (χ4n) is 0.865. The molecule has 0 aromatic carbocycles. The van der Waals surface area contributed by atoms with E-state index in [0.29, 0.717) is 6.54 Å². The Bertz CT molecular complexity index is 80.9. The highest BCUT2D eigenvalue weighted by molar-refractivity contribution is 4.78. The van der Waals surface area contributed by atoms with Crippen molar-refractivity contribution in [1.29, 1.82) is 0 Å². The zero-order valence-electron chi connectivity index (χ0n) is 6.98. The summed E-state index contributed by atoms with van der Waals surface area (Å²) >= 11 is 0. The summed E-state index contributed by atoms with van der Waals surface area (Å²) in [4.78, 5) is 0. The molecule has 1 unspecified atom stereocenters. The predicted octanol–water partition coefficient (Wildman–Crippen LogP) is -0.338. The highest BCUT2D eigenvalue weighted by Gasteiger charge is 2.15. The number of hydrogen-bond acceptors (Lipinski definition) is 3. The first kappa shape index (κ1) is 9.88. The molecule has 0 aromatic rings. The molecule has 0 aliphatic heterocycles. The highest BCUT2D eigenvalue weighted by Crippen LogP contribution is 2.07. The van der Waals surface area contributed by atoms with E-state index in [2.05, 4.69) is 5.32 Å². The largest absolute Gasteiger partial charge is 0.330 e. The van der Waals surface area contributed by atoms with E-state index in [9.17, 15) is 0 Å². The maximum absolute atomic E-state index is 5.89. The summed E-state index contributed by atoms with van der Waals surface area (Å²) in [5, 5.41) is 3.06. The van der Waals surface area contributed by atoms with E-state index in [-0.39, 0.29) is 5.54 Å². The topological polar surface area (TPSA) is 64.1 Å². The maximum Gasteiger partial charge on any atom is 0.0149 e. The Labute approximate surface area is 63.2 Å². The standard InChI is InChI=1S/C7H19N3/c1-7(9,3-5-8)4-6-10-2/h10H,3-6,8-9H2,1-2H3. The Balaban J connectivity index is 3.42. The molecule has 0 radical (unpaired) electrons. The lowest BCUT2D eigenvalue weighted by molar-refractivity contribution is 0.401. The first-order valence-corrected chi connectivity index (χ1v) is 3.76. The molecule has 0 heterocycles. The summed E-state index contributed by atoms with van der Waals surface area (Å²) in [5.74, 6) is 0. The van der Waals surface area contributed by atoms with E-state index in [4.69, 9.17) is 11.5 Å². The summed E-state index contributed by atoms with van der Waals surface area (Å²) in [7, 11) is 1.93. The van der Waals surface area contributed by atoms with Gasteiger partial charge >= 0.3 is 0 Å². The fourth-order valence-corrected chi connectivity index (χ4v) is 0.865. The van der Waals surface area contributed by atoms with Gasteiger partial charge in [0.25, 0.3) is 0 Å². The highest BCUT2D eigenvalue weighted by atomic mass is 14.8. The third-order valence-corrected chi connectivity index (χ3v) is 1.66. The van der Waals surface area contributed by atoms with Crippen molar-refractivity contribution >= 4 is 0 Å². The summed E-state index contributed by atoms with van der Waals surface area (Å²) < 4.78 is 0. The van der Waals surface area contributed by atoms with Crippen molar-refractivity contribution in [2.45, 2.75) is 25.3 Å². The van der Waals surface area contributed by atoms with Gasteiger partial charge in [0, 0.05) is 5.54 Å². The van der Waals surface area contributed by atoms with Crippen LogP contribution < -0.4 is 16.8 Å². The van der Waals surface area contributed by atoms with E-state index >= 15 is 0 Å². The molecule has 0 saturated carbocycles. The van der Waals surface area contributed by atoms with Gasteiger partial charge in [0.15, 0.2) is 0 Å². The molecule has 10 heavy (non-hydrogen) atoms. The van der Waals surface area contributed by atoms with Crippen LogP contribution in [0.4, 0.5) is 0 Å². The average molecular weight is 145 g/mol. The third-order valence-electron chi connectivity index (χ3n) is 1.66. The average Bonchev–Trinajstić information content (AvgIpc) is 1.84. The van der Waals surface area contributed by atoms with Gasteiger partial charge in [-0.25, -0.2) is 0 Å². The van der Waals surface area contributed by atoms with Gasteiger partial charge in [-0.1, -0.05) is 0 Å². The molecule has 0 bridgehead atoms. The van der Waals surface area contributed by atoms with Gasteiger partial charge in [0.1, 0.15) is 0 Å². The van der Waals surface area contributed by atoms with Crippen molar-refractivity contribution in [3.8, 4) is 0 Å². The van der Waals surface area contributed by atoms with Crippen molar-refractivity contribution in [1.82, 2.24) is 5.32 Å². The van der Waals surface area contributed by atoms with Crippen molar-refractivity contribution in [3.05, 3.63) is 0 Å². The molecule has 0 spiro atoms. The van der Waals surface area contributed by atoms with Gasteiger partial charge < -0.3 is 16.8 Å². The Morgan fingerprint density at radius 2 is 2.00 bits per heavy atom. The van der Waals surface area contributed by atoms with Gasteiger partial charge in [-0.3, -0.25) is 0 Å². The van der Waals surface area contributed by atoms with Gasteiger partial charge in [0.2, 0.25) is 0 Å². The van der Waals surface area contributed by atoms with E-state index in [1.165, 1.54) is 0 Å². The molecule has 0 aliphatic rings. The first-order chi connectivity index (χ1) is 4.62. The second kappa shape index (κ2) is 4.66. The lowest BCUT2D eigenvalue weighted by Crippen LogP contribution is -2.40. The van der Waals surface area contributed by atoms with Crippen LogP contribution in [0.5, 0.6) is 0 Å². The first-order valence-electron chi connectivity index (χ1n) is 3.76. The molecule has 0 amide bonds. The Morgan fingerprint density at radius 1 is 1.40 bits per heavy atom. The zero-order valence-corrected chi connectivity index (χ0v) is 6.98. The minimum absolute atomic E-state index is 0.0856. The van der Waals surface area contributed by atoms with Crippen LogP contribution in [-0.2, 0) is 0 Å². The summed E-state index contributed by atoms with van der Waals surface area (Å²) in [6.45, 7) is 3.68. The fraction of sp³-hybridized carbons (Fsp3) is 1.00. The van der Waals surface area contributed by atoms with E-state index in [1.54, 1.807) is 0 Å². The van der Waals surface area contributed by atoms with Crippen molar-refractivity contribution in [3.63, 3.8) is 0 Å². The monoisotopic (exact) mass is 145 g/mol. The number of hydrogen-bond donors (Lipinski definition) is 3. The van der Waals surface area contributed by atoms with Gasteiger partial charge in [-0.2, -0.15) is 0 Å². The maximum atomic E-state index is 5.89. The lowest BCUT2D eigenvalue weighted by Gasteiger charge is -2.23. The van der Waals surface area contributed by atoms with Gasteiger partial charge in [-0.15, -0.1) is 0 Å². The molecule has 0 aromatic heterocycles. The van der Waals surface area contributed by atoms with E-state index < -0.39 is 0 Å². The third kappa shape index (κ3) is 4.73. The molecule has 0 fully saturated rings. The number of nitrogens with one attached hydrogen (secondary N) is 1. The summed E-state index contributed by atoms with van der Waals surface area (Å²) in [5.41, 5.74) is 11.2. The molecule has 62 valence electrons. The Hall–Kier alpha value is -0.120. The Kier molecular flexibility index (Phi) is 4.60. The normalized spacial score (nSPS) is 16.8. The van der Waals surface area contributed by atoms with E-state index in [1.807, 2.05) is 14.0 Å². The molecule has 3 heteroatoms. The lowest BCUT2D eigenvalue weighted by atomic mass is 9.95. The molecular formula is C7H19N3. The van der Waals surface area contributed by atoms with Crippen LogP contribution in [0, 0.1) is 0 Å². The molecule has 0 saturated heterocycles. The van der Waals surface area contributed by atoms with Gasteiger partial charge in [0.05, 0.1) is 0 Å². The quantitative estimate of drug-likeness (QED) is 0.496.